The van der Waals surface area contributed by atoms with Gasteiger partial charge >= 0.3 is 0 Å². The van der Waals surface area contributed by atoms with Crippen molar-refractivity contribution in [2.45, 2.75) is 52.2 Å². The topological polar surface area (TPSA) is 24.5 Å². The lowest BCUT2D eigenvalue weighted by Gasteiger charge is -2.42. The Hall–Kier alpha value is -1.06. The Kier molecular flexibility index (Phi) is 6.07. The fraction of sp³-hybridized carbons (Fsp3) is 0.667. The number of nitrogens with one attached hydrogen (secondary N) is 1. The molecular weight excluding hydrogens is 260 g/mol. The van der Waals surface area contributed by atoms with Gasteiger partial charge in [-0.2, -0.15) is 0 Å². The second-order valence-electron chi connectivity index (χ2n) is 6.49. The van der Waals surface area contributed by atoms with Crippen LogP contribution in [-0.2, 0) is 6.54 Å². The maximum Gasteiger partial charge on any atom is 0.119 e. The van der Waals surface area contributed by atoms with Crippen molar-refractivity contribution in [2.24, 2.45) is 5.92 Å². The van der Waals surface area contributed by atoms with Gasteiger partial charge in [-0.1, -0.05) is 39.3 Å². The van der Waals surface area contributed by atoms with Gasteiger partial charge in [0.25, 0.3) is 0 Å². The molecule has 0 amide bonds. The van der Waals surface area contributed by atoms with E-state index in [-0.39, 0.29) is 0 Å². The first-order chi connectivity index (χ1) is 10.1. The molecule has 2 rings (SSSR count). The van der Waals surface area contributed by atoms with Crippen LogP contribution < -0.4 is 10.1 Å². The second kappa shape index (κ2) is 7.81. The molecule has 3 heteroatoms. The predicted octanol–water partition coefficient (Wildman–Crippen LogP) is 3.29. The van der Waals surface area contributed by atoms with Crippen LogP contribution in [0.5, 0.6) is 5.75 Å². The Labute approximate surface area is 129 Å². The fourth-order valence-electron chi connectivity index (χ4n) is 3.29. The molecule has 118 valence electrons. The van der Waals surface area contributed by atoms with Crippen molar-refractivity contribution in [2.75, 3.05) is 20.2 Å². The van der Waals surface area contributed by atoms with E-state index in [4.69, 9.17) is 4.74 Å². The molecule has 1 aromatic rings. The van der Waals surface area contributed by atoms with Gasteiger partial charge in [0, 0.05) is 31.7 Å². The zero-order valence-electron chi connectivity index (χ0n) is 13.9. The van der Waals surface area contributed by atoms with Gasteiger partial charge in [-0.05, 0) is 30.0 Å². The van der Waals surface area contributed by atoms with Crippen molar-refractivity contribution < 1.29 is 4.74 Å². The summed E-state index contributed by atoms with van der Waals surface area (Å²) in [7, 11) is 1.73. The van der Waals surface area contributed by atoms with Crippen molar-refractivity contribution in [3.8, 4) is 5.75 Å². The van der Waals surface area contributed by atoms with Crippen molar-refractivity contribution in [1.82, 2.24) is 10.2 Å². The number of rotatable bonds is 6. The van der Waals surface area contributed by atoms with Gasteiger partial charge < -0.3 is 10.1 Å². The minimum absolute atomic E-state index is 0.615. The van der Waals surface area contributed by atoms with Gasteiger partial charge in [-0.25, -0.2) is 0 Å². The Balaban J connectivity index is 2.07. The van der Waals surface area contributed by atoms with E-state index < -0.39 is 0 Å². The largest absolute Gasteiger partial charge is 0.497 e. The van der Waals surface area contributed by atoms with Gasteiger partial charge in [-0.15, -0.1) is 0 Å². The average Bonchev–Trinajstić information content (AvgIpc) is 2.48. The molecule has 2 atom stereocenters. The highest BCUT2D eigenvalue weighted by atomic mass is 16.5. The summed E-state index contributed by atoms with van der Waals surface area (Å²) in [6.07, 6.45) is 2.51. The van der Waals surface area contributed by atoms with Crippen LogP contribution >= 0.6 is 0 Å². The summed E-state index contributed by atoms with van der Waals surface area (Å²) in [6, 6.07) is 9.72. The van der Waals surface area contributed by atoms with Gasteiger partial charge in [-0.3, -0.25) is 4.90 Å². The molecule has 0 aliphatic carbocycles. The predicted molar refractivity (Wildman–Crippen MR) is 88.7 cm³/mol. The Morgan fingerprint density at radius 2 is 2.19 bits per heavy atom. The monoisotopic (exact) mass is 290 g/mol. The third-order valence-electron chi connectivity index (χ3n) is 4.47. The second-order valence-corrected chi connectivity index (χ2v) is 6.49. The zero-order valence-corrected chi connectivity index (χ0v) is 13.9. The van der Waals surface area contributed by atoms with E-state index in [0.29, 0.717) is 18.0 Å². The Morgan fingerprint density at radius 1 is 1.38 bits per heavy atom. The molecule has 1 heterocycles. The third kappa shape index (κ3) is 4.45. The Bertz CT molecular complexity index is 433. The lowest BCUT2D eigenvalue weighted by molar-refractivity contribution is 0.0884. The standard InChI is InChI=1S/C18H30N2O/c1-5-7-16-13-20(18(11-19-16)14(2)3)12-15-8-6-9-17(10-15)21-4/h6,8-10,14,16,18-19H,5,7,11-13H2,1-4H3. The lowest BCUT2D eigenvalue weighted by Crippen LogP contribution is -2.57. The lowest BCUT2D eigenvalue weighted by atomic mass is 9.96. The van der Waals surface area contributed by atoms with Crippen LogP contribution in [0.1, 0.15) is 39.2 Å². The molecule has 1 aromatic carbocycles. The van der Waals surface area contributed by atoms with E-state index in [1.807, 2.05) is 6.07 Å². The number of methoxy groups -OCH3 is 1. The molecule has 2 unspecified atom stereocenters. The molecule has 0 saturated carbocycles. The Morgan fingerprint density at radius 3 is 2.86 bits per heavy atom. The van der Waals surface area contributed by atoms with Gasteiger partial charge in [0.05, 0.1) is 7.11 Å². The first-order valence-electron chi connectivity index (χ1n) is 8.24. The van der Waals surface area contributed by atoms with Crippen LogP contribution in [-0.4, -0.2) is 37.2 Å². The highest BCUT2D eigenvalue weighted by molar-refractivity contribution is 5.28. The summed E-state index contributed by atoms with van der Waals surface area (Å²) in [6.45, 7) is 10.2. The van der Waals surface area contributed by atoms with Gasteiger partial charge in [0.1, 0.15) is 5.75 Å². The maximum atomic E-state index is 5.35. The summed E-state index contributed by atoms with van der Waals surface area (Å²) in [4.78, 5) is 2.65. The van der Waals surface area contributed by atoms with E-state index in [2.05, 4.69) is 49.2 Å². The van der Waals surface area contributed by atoms with E-state index in [1.165, 1.54) is 18.4 Å². The third-order valence-corrected chi connectivity index (χ3v) is 4.47. The molecular formula is C18H30N2O. The van der Waals surface area contributed by atoms with Crippen LogP contribution in [0.2, 0.25) is 0 Å². The molecule has 1 saturated heterocycles. The van der Waals surface area contributed by atoms with Gasteiger partial charge in [0.15, 0.2) is 0 Å². The highest BCUT2D eigenvalue weighted by Crippen LogP contribution is 2.21. The normalized spacial score (nSPS) is 23.5. The molecule has 1 N–H and O–H groups in total. The molecule has 1 aliphatic heterocycles. The van der Waals surface area contributed by atoms with Crippen LogP contribution in [0.25, 0.3) is 0 Å². The minimum atomic E-state index is 0.615. The van der Waals surface area contributed by atoms with Gasteiger partial charge in [0.2, 0.25) is 0 Å². The van der Waals surface area contributed by atoms with E-state index >= 15 is 0 Å². The number of piperazine rings is 1. The number of hydrogen-bond donors (Lipinski definition) is 1. The molecule has 0 aromatic heterocycles. The molecule has 0 bridgehead atoms. The van der Waals surface area contributed by atoms with Crippen molar-refractivity contribution in [3.05, 3.63) is 29.8 Å². The summed E-state index contributed by atoms with van der Waals surface area (Å²) in [5, 5.41) is 3.72. The van der Waals surface area contributed by atoms with Crippen LogP contribution in [0.4, 0.5) is 0 Å². The number of benzene rings is 1. The zero-order chi connectivity index (χ0) is 15.2. The highest BCUT2D eigenvalue weighted by Gasteiger charge is 2.29. The first-order valence-corrected chi connectivity index (χ1v) is 8.24. The SMILES string of the molecule is CCCC1CN(Cc2cccc(OC)c2)C(C(C)C)CN1. The minimum Gasteiger partial charge on any atom is -0.497 e. The number of hydrogen-bond acceptors (Lipinski definition) is 3. The maximum absolute atomic E-state index is 5.35. The van der Waals surface area contributed by atoms with E-state index in [0.717, 1.165) is 25.4 Å². The summed E-state index contributed by atoms with van der Waals surface area (Å²) >= 11 is 0. The number of ether oxygens (including phenoxy) is 1. The molecule has 0 spiro atoms. The molecule has 3 nitrogen and oxygen atoms in total. The fourth-order valence-corrected chi connectivity index (χ4v) is 3.29. The van der Waals surface area contributed by atoms with Crippen LogP contribution in [0.3, 0.4) is 0 Å². The average molecular weight is 290 g/mol. The van der Waals surface area contributed by atoms with Crippen molar-refractivity contribution >= 4 is 0 Å². The number of nitrogens with zero attached hydrogens (tertiary/aromatic N) is 1. The summed E-state index contributed by atoms with van der Waals surface area (Å²) < 4.78 is 5.35. The quantitative estimate of drug-likeness (QED) is 0.870. The van der Waals surface area contributed by atoms with E-state index in [9.17, 15) is 0 Å². The van der Waals surface area contributed by atoms with Crippen molar-refractivity contribution in [3.63, 3.8) is 0 Å². The molecule has 1 aliphatic rings. The summed E-state index contributed by atoms with van der Waals surface area (Å²) in [5.41, 5.74) is 1.34. The van der Waals surface area contributed by atoms with Crippen LogP contribution in [0, 0.1) is 5.92 Å². The molecule has 1 fully saturated rings. The van der Waals surface area contributed by atoms with Crippen LogP contribution in [0.15, 0.2) is 24.3 Å². The van der Waals surface area contributed by atoms with Crippen molar-refractivity contribution in [1.29, 1.82) is 0 Å². The molecule has 21 heavy (non-hydrogen) atoms. The summed E-state index contributed by atoms with van der Waals surface area (Å²) in [5.74, 6) is 1.62. The smallest absolute Gasteiger partial charge is 0.119 e. The first kappa shape index (κ1) is 16.3. The van der Waals surface area contributed by atoms with E-state index in [1.54, 1.807) is 7.11 Å². The molecule has 0 radical (unpaired) electrons.